The van der Waals surface area contributed by atoms with E-state index < -0.39 is 24.2 Å². The van der Waals surface area contributed by atoms with Crippen molar-refractivity contribution in [3.63, 3.8) is 0 Å². The summed E-state index contributed by atoms with van der Waals surface area (Å²) in [5, 5.41) is 18.8. The van der Waals surface area contributed by atoms with E-state index in [1.165, 1.54) is 4.90 Å². The molecule has 0 spiro atoms. The Morgan fingerprint density at radius 2 is 1.67 bits per heavy atom. The predicted molar refractivity (Wildman–Crippen MR) is 71.2 cm³/mol. The zero-order chi connectivity index (χ0) is 15.1. The van der Waals surface area contributed by atoms with E-state index in [-0.39, 0.29) is 30.7 Å². The van der Waals surface area contributed by atoms with Crippen molar-refractivity contribution < 1.29 is 24.6 Å². The summed E-state index contributed by atoms with van der Waals surface area (Å²) in [5.74, 6) is -1.35. The van der Waals surface area contributed by atoms with Crippen LogP contribution < -0.4 is 0 Å². The minimum absolute atomic E-state index is 0.0254. The van der Waals surface area contributed by atoms with E-state index in [4.69, 9.17) is 0 Å². The number of aliphatic carboxylic acids is 1. The molecular formula is C14H20N2O5. The zero-order valence-electron chi connectivity index (χ0n) is 11.8. The second kappa shape index (κ2) is 5.29. The van der Waals surface area contributed by atoms with Crippen molar-refractivity contribution >= 4 is 17.8 Å². The third-order valence-electron chi connectivity index (χ3n) is 4.59. The minimum atomic E-state index is -1.10. The van der Waals surface area contributed by atoms with Crippen LogP contribution in [0, 0.1) is 5.92 Å². The maximum Gasteiger partial charge on any atom is 0.326 e. The van der Waals surface area contributed by atoms with Crippen LogP contribution in [0.2, 0.25) is 0 Å². The lowest BCUT2D eigenvalue weighted by Crippen LogP contribution is -2.51. The molecular weight excluding hydrogens is 276 g/mol. The molecule has 2 amide bonds. The Balaban J connectivity index is 1.74. The molecule has 3 rings (SSSR count). The second-order valence-electron chi connectivity index (χ2n) is 6.20. The van der Waals surface area contributed by atoms with Crippen molar-refractivity contribution in [2.45, 2.75) is 50.3 Å². The fourth-order valence-corrected chi connectivity index (χ4v) is 3.33. The van der Waals surface area contributed by atoms with Gasteiger partial charge in [0.1, 0.15) is 12.1 Å². The van der Waals surface area contributed by atoms with Gasteiger partial charge in [-0.05, 0) is 25.7 Å². The van der Waals surface area contributed by atoms with Crippen LogP contribution in [0.25, 0.3) is 0 Å². The van der Waals surface area contributed by atoms with Gasteiger partial charge in [0.25, 0.3) is 0 Å². The molecule has 7 heteroatoms. The van der Waals surface area contributed by atoms with Crippen molar-refractivity contribution in [1.82, 2.24) is 9.80 Å². The highest BCUT2D eigenvalue weighted by molar-refractivity contribution is 5.92. The molecule has 0 aromatic heterocycles. The quantitative estimate of drug-likeness (QED) is 0.727. The molecule has 3 aliphatic rings. The van der Waals surface area contributed by atoms with Gasteiger partial charge >= 0.3 is 5.97 Å². The number of β-amino-alcohol motifs (C(OH)–C–C–N with tert-alkyl or cyclic N) is 1. The van der Waals surface area contributed by atoms with E-state index in [0.717, 1.165) is 19.3 Å². The number of carbonyl (C=O) groups excluding carboxylic acids is 2. The number of amides is 2. The molecule has 116 valence electrons. The zero-order valence-corrected chi connectivity index (χ0v) is 11.8. The number of carboxylic acid groups (broad SMARTS) is 1. The third kappa shape index (κ3) is 2.62. The Bertz CT molecular complexity index is 476. The molecule has 2 N–H and O–H groups in total. The molecule has 21 heavy (non-hydrogen) atoms. The van der Waals surface area contributed by atoms with Crippen molar-refractivity contribution in [2.24, 2.45) is 5.92 Å². The SMILES string of the molecule is O=C(O)[C@@H]1CC(O)CN1C(=O)C1CCCN1C(=O)C1CC1. The topological polar surface area (TPSA) is 98.2 Å². The van der Waals surface area contributed by atoms with Crippen LogP contribution in [0.4, 0.5) is 0 Å². The van der Waals surface area contributed by atoms with E-state index >= 15 is 0 Å². The summed E-state index contributed by atoms with van der Waals surface area (Å²) in [6, 6.07) is -1.53. The van der Waals surface area contributed by atoms with Gasteiger partial charge < -0.3 is 20.0 Å². The molecule has 3 atom stereocenters. The highest BCUT2D eigenvalue weighted by Crippen LogP contribution is 2.34. The highest BCUT2D eigenvalue weighted by Gasteiger charge is 2.46. The Morgan fingerprint density at radius 3 is 2.29 bits per heavy atom. The number of aliphatic hydroxyl groups excluding tert-OH is 1. The molecule has 0 aromatic carbocycles. The fraction of sp³-hybridized carbons (Fsp3) is 0.786. The largest absolute Gasteiger partial charge is 0.480 e. The van der Waals surface area contributed by atoms with Gasteiger partial charge in [-0.25, -0.2) is 4.79 Å². The molecule has 2 aliphatic heterocycles. The maximum absolute atomic E-state index is 12.6. The van der Waals surface area contributed by atoms with Gasteiger partial charge in [-0.1, -0.05) is 0 Å². The van der Waals surface area contributed by atoms with Crippen molar-refractivity contribution in [1.29, 1.82) is 0 Å². The van der Waals surface area contributed by atoms with E-state index in [1.807, 2.05) is 0 Å². The second-order valence-corrected chi connectivity index (χ2v) is 6.20. The van der Waals surface area contributed by atoms with Crippen LogP contribution in [-0.2, 0) is 14.4 Å². The molecule has 2 unspecified atom stereocenters. The Labute approximate surface area is 122 Å². The van der Waals surface area contributed by atoms with Crippen LogP contribution >= 0.6 is 0 Å². The van der Waals surface area contributed by atoms with Gasteiger partial charge in [0.05, 0.1) is 6.10 Å². The lowest BCUT2D eigenvalue weighted by atomic mass is 10.1. The Kier molecular flexibility index (Phi) is 3.61. The lowest BCUT2D eigenvalue weighted by molar-refractivity contribution is -0.152. The van der Waals surface area contributed by atoms with Crippen LogP contribution in [0.1, 0.15) is 32.1 Å². The van der Waals surface area contributed by atoms with Crippen LogP contribution in [-0.4, -0.2) is 69.1 Å². The van der Waals surface area contributed by atoms with Gasteiger partial charge in [-0.15, -0.1) is 0 Å². The Hall–Kier alpha value is -1.63. The number of aliphatic hydroxyl groups is 1. The average molecular weight is 296 g/mol. The summed E-state index contributed by atoms with van der Waals surface area (Å²) >= 11 is 0. The molecule has 0 radical (unpaired) electrons. The van der Waals surface area contributed by atoms with Crippen LogP contribution in [0.5, 0.6) is 0 Å². The first-order valence-electron chi connectivity index (χ1n) is 7.51. The van der Waals surface area contributed by atoms with Crippen LogP contribution in [0.15, 0.2) is 0 Å². The number of rotatable bonds is 3. The summed E-state index contributed by atoms with van der Waals surface area (Å²) < 4.78 is 0. The average Bonchev–Trinajstić information content (AvgIpc) is 3.04. The summed E-state index contributed by atoms with van der Waals surface area (Å²) in [6.45, 7) is 0.609. The third-order valence-corrected chi connectivity index (χ3v) is 4.59. The number of hydrogen-bond donors (Lipinski definition) is 2. The normalized spacial score (nSPS) is 32.5. The monoisotopic (exact) mass is 296 g/mol. The van der Waals surface area contributed by atoms with Gasteiger partial charge in [-0.3, -0.25) is 9.59 Å². The molecule has 1 saturated carbocycles. The molecule has 7 nitrogen and oxygen atoms in total. The lowest BCUT2D eigenvalue weighted by Gasteiger charge is -2.30. The van der Waals surface area contributed by atoms with Crippen LogP contribution in [0.3, 0.4) is 0 Å². The summed E-state index contributed by atoms with van der Waals surface area (Å²) in [6.07, 6.45) is 2.38. The molecule has 2 saturated heterocycles. The first-order valence-corrected chi connectivity index (χ1v) is 7.51. The van der Waals surface area contributed by atoms with Gasteiger partial charge in [0.2, 0.25) is 11.8 Å². The number of carbonyl (C=O) groups is 3. The van der Waals surface area contributed by atoms with Gasteiger partial charge in [0.15, 0.2) is 0 Å². The number of likely N-dealkylation sites (tertiary alicyclic amines) is 2. The fourth-order valence-electron chi connectivity index (χ4n) is 3.33. The molecule has 1 aliphatic carbocycles. The molecule has 3 fully saturated rings. The summed E-state index contributed by atoms with van der Waals surface area (Å²) in [7, 11) is 0. The first-order chi connectivity index (χ1) is 9.99. The van der Waals surface area contributed by atoms with Gasteiger partial charge in [-0.2, -0.15) is 0 Å². The van der Waals surface area contributed by atoms with E-state index in [1.54, 1.807) is 4.90 Å². The predicted octanol–water partition coefficient (Wildman–Crippen LogP) is -0.566. The maximum atomic E-state index is 12.6. The smallest absolute Gasteiger partial charge is 0.326 e. The molecule has 0 aromatic rings. The number of nitrogens with zero attached hydrogens (tertiary/aromatic N) is 2. The molecule has 2 heterocycles. The standard InChI is InChI=1S/C14H20N2O5/c17-9-6-11(14(20)21)16(7-9)13(19)10-2-1-5-15(10)12(18)8-3-4-8/h8-11,17H,1-7H2,(H,20,21)/t9?,10?,11-/m0/s1. The van der Waals surface area contributed by atoms with E-state index in [2.05, 4.69) is 0 Å². The number of carboxylic acids is 1. The van der Waals surface area contributed by atoms with Crippen molar-refractivity contribution in [3.8, 4) is 0 Å². The minimum Gasteiger partial charge on any atom is -0.480 e. The van der Waals surface area contributed by atoms with E-state index in [0.29, 0.717) is 13.0 Å². The highest BCUT2D eigenvalue weighted by atomic mass is 16.4. The van der Waals surface area contributed by atoms with Crippen molar-refractivity contribution in [2.75, 3.05) is 13.1 Å². The first kappa shape index (κ1) is 14.3. The summed E-state index contributed by atoms with van der Waals surface area (Å²) in [4.78, 5) is 38.9. The van der Waals surface area contributed by atoms with E-state index in [9.17, 15) is 24.6 Å². The van der Waals surface area contributed by atoms with Crippen molar-refractivity contribution in [3.05, 3.63) is 0 Å². The van der Waals surface area contributed by atoms with Gasteiger partial charge in [0, 0.05) is 25.4 Å². The molecule has 0 bridgehead atoms. The number of hydrogen-bond acceptors (Lipinski definition) is 4. The Morgan fingerprint density at radius 1 is 0.952 bits per heavy atom. The summed E-state index contributed by atoms with van der Waals surface area (Å²) in [5.41, 5.74) is 0.